The van der Waals surface area contributed by atoms with Gasteiger partial charge >= 0.3 is 5.97 Å². The van der Waals surface area contributed by atoms with Gasteiger partial charge in [0.15, 0.2) is 0 Å². The minimum atomic E-state index is -0.608. The Hall–Kier alpha value is -3.08. The first kappa shape index (κ1) is 15.8. The maximum Gasteiger partial charge on any atom is 0.344 e. The molecule has 3 rings (SSSR count). The summed E-state index contributed by atoms with van der Waals surface area (Å²) in [5.41, 5.74) is 4.16. The maximum absolute atomic E-state index is 12.9. The topological polar surface area (TPSA) is 52.1 Å². The lowest BCUT2D eigenvalue weighted by Gasteiger charge is -2.07. The molecule has 0 spiro atoms. The van der Waals surface area contributed by atoms with Gasteiger partial charge in [-0.2, -0.15) is 0 Å². The van der Waals surface area contributed by atoms with E-state index in [1.807, 2.05) is 32.0 Å². The third kappa shape index (κ3) is 3.46. The monoisotopic (exact) mass is 322 g/mol. The molecule has 0 aliphatic rings. The molecule has 0 saturated carbocycles. The van der Waals surface area contributed by atoms with Crippen LogP contribution in [0.1, 0.15) is 21.5 Å². The van der Waals surface area contributed by atoms with E-state index in [0.29, 0.717) is 5.69 Å². The van der Waals surface area contributed by atoms with E-state index < -0.39 is 11.8 Å². The highest BCUT2D eigenvalue weighted by atomic mass is 19.1. The van der Waals surface area contributed by atoms with Crippen LogP contribution in [0.2, 0.25) is 0 Å². The molecule has 0 unspecified atom stereocenters. The summed E-state index contributed by atoms with van der Waals surface area (Å²) in [7, 11) is 0. The Labute approximate surface area is 138 Å². The number of esters is 1. The normalized spacial score (nSPS) is 10.5. The zero-order chi connectivity index (χ0) is 17.1. The first-order valence-electron chi connectivity index (χ1n) is 7.42. The van der Waals surface area contributed by atoms with Gasteiger partial charge in [0.1, 0.15) is 5.82 Å². The molecule has 3 aromatic rings. The zero-order valence-corrected chi connectivity index (χ0v) is 13.3. The Morgan fingerprint density at radius 1 is 0.958 bits per heavy atom. The van der Waals surface area contributed by atoms with Crippen LogP contribution in [0.5, 0.6) is 5.88 Å². The van der Waals surface area contributed by atoms with Crippen LogP contribution >= 0.6 is 0 Å². The van der Waals surface area contributed by atoms with Crippen LogP contribution in [0.15, 0.2) is 54.6 Å². The van der Waals surface area contributed by atoms with Crippen LogP contribution in [0.25, 0.3) is 11.3 Å². The first-order chi connectivity index (χ1) is 11.5. The van der Waals surface area contributed by atoms with Crippen molar-refractivity contribution >= 4 is 5.97 Å². The van der Waals surface area contributed by atoms with E-state index >= 15 is 0 Å². The van der Waals surface area contributed by atoms with Crippen LogP contribution in [0.4, 0.5) is 4.39 Å². The Bertz CT molecular complexity index is 875. The van der Waals surface area contributed by atoms with Gasteiger partial charge in [-0.05, 0) is 55.8 Å². The fourth-order valence-electron chi connectivity index (χ4n) is 2.27. The van der Waals surface area contributed by atoms with Crippen LogP contribution in [-0.4, -0.2) is 16.2 Å². The van der Waals surface area contributed by atoms with Gasteiger partial charge in [-0.15, -0.1) is 10.2 Å². The molecule has 120 valence electrons. The fraction of sp³-hybridized carbons (Fsp3) is 0.105. The Morgan fingerprint density at radius 3 is 2.38 bits per heavy atom. The van der Waals surface area contributed by atoms with Crippen molar-refractivity contribution in [3.8, 4) is 17.1 Å². The second-order valence-corrected chi connectivity index (χ2v) is 5.47. The molecule has 1 heterocycles. The number of nitrogens with zero attached hydrogens (tertiary/aromatic N) is 2. The fourth-order valence-corrected chi connectivity index (χ4v) is 2.27. The predicted octanol–water partition coefficient (Wildman–Crippen LogP) is 4.12. The Morgan fingerprint density at radius 2 is 1.71 bits per heavy atom. The van der Waals surface area contributed by atoms with Crippen molar-refractivity contribution < 1.29 is 13.9 Å². The summed E-state index contributed by atoms with van der Waals surface area (Å²) in [5, 5.41) is 8.07. The maximum atomic E-state index is 12.9. The lowest BCUT2D eigenvalue weighted by molar-refractivity contribution is 0.0726. The number of ether oxygens (including phenoxy) is 1. The zero-order valence-electron chi connectivity index (χ0n) is 13.3. The average Bonchev–Trinajstić information content (AvgIpc) is 2.58. The van der Waals surface area contributed by atoms with Gasteiger partial charge in [-0.25, -0.2) is 9.18 Å². The third-order valence-corrected chi connectivity index (χ3v) is 3.59. The molecule has 0 aliphatic carbocycles. The van der Waals surface area contributed by atoms with Crippen molar-refractivity contribution in [2.45, 2.75) is 13.8 Å². The van der Waals surface area contributed by atoms with Crippen LogP contribution < -0.4 is 4.74 Å². The number of aryl methyl sites for hydroxylation is 2. The molecule has 5 heteroatoms. The van der Waals surface area contributed by atoms with Crippen molar-refractivity contribution in [1.29, 1.82) is 0 Å². The highest BCUT2D eigenvalue weighted by Crippen LogP contribution is 2.23. The summed E-state index contributed by atoms with van der Waals surface area (Å²) >= 11 is 0. The van der Waals surface area contributed by atoms with Gasteiger partial charge in [0.2, 0.25) is 5.88 Å². The smallest absolute Gasteiger partial charge is 0.344 e. The molecule has 0 radical (unpaired) electrons. The van der Waals surface area contributed by atoms with Crippen molar-refractivity contribution in [2.24, 2.45) is 0 Å². The third-order valence-electron chi connectivity index (χ3n) is 3.59. The van der Waals surface area contributed by atoms with Gasteiger partial charge in [0.25, 0.3) is 0 Å². The van der Waals surface area contributed by atoms with Crippen LogP contribution in [-0.2, 0) is 0 Å². The van der Waals surface area contributed by atoms with E-state index in [1.165, 1.54) is 24.3 Å². The van der Waals surface area contributed by atoms with E-state index in [1.54, 1.807) is 12.1 Å². The number of benzene rings is 2. The molecule has 0 N–H and O–H groups in total. The van der Waals surface area contributed by atoms with Gasteiger partial charge < -0.3 is 4.74 Å². The lowest BCUT2D eigenvalue weighted by Crippen LogP contribution is -2.10. The minimum absolute atomic E-state index is 0.0957. The van der Waals surface area contributed by atoms with E-state index in [2.05, 4.69) is 10.2 Å². The number of carbonyl (C=O) groups is 1. The summed E-state index contributed by atoms with van der Waals surface area (Å²) in [6, 6.07) is 14.5. The summed E-state index contributed by atoms with van der Waals surface area (Å²) < 4.78 is 18.0. The van der Waals surface area contributed by atoms with Crippen LogP contribution in [0.3, 0.4) is 0 Å². The Balaban J connectivity index is 1.78. The van der Waals surface area contributed by atoms with E-state index in [9.17, 15) is 9.18 Å². The standard InChI is InChI=1S/C19H15FN2O2/c1-12-3-4-13(2)16(11-12)17-9-10-18(22-21-17)24-19(23)14-5-7-15(20)8-6-14/h3-11H,1-2H3. The molecule has 0 saturated heterocycles. The van der Waals surface area contributed by atoms with E-state index in [4.69, 9.17) is 4.74 Å². The molecule has 4 nitrogen and oxygen atoms in total. The largest absolute Gasteiger partial charge is 0.402 e. The molecule has 0 atom stereocenters. The highest BCUT2D eigenvalue weighted by molar-refractivity contribution is 5.90. The quantitative estimate of drug-likeness (QED) is 0.681. The van der Waals surface area contributed by atoms with Crippen LogP contribution in [0, 0.1) is 19.7 Å². The number of carbonyl (C=O) groups excluding carboxylic acids is 1. The number of hydrogen-bond donors (Lipinski definition) is 0. The molecule has 0 bridgehead atoms. The first-order valence-corrected chi connectivity index (χ1v) is 7.42. The van der Waals surface area contributed by atoms with Crippen molar-refractivity contribution in [3.05, 3.63) is 77.1 Å². The van der Waals surface area contributed by atoms with E-state index in [-0.39, 0.29) is 11.4 Å². The van der Waals surface area contributed by atoms with Gasteiger partial charge in [-0.1, -0.05) is 17.7 Å². The van der Waals surface area contributed by atoms with Crippen molar-refractivity contribution in [2.75, 3.05) is 0 Å². The molecule has 0 fully saturated rings. The molecule has 0 aliphatic heterocycles. The van der Waals surface area contributed by atoms with Crippen molar-refractivity contribution in [1.82, 2.24) is 10.2 Å². The molecule has 24 heavy (non-hydrogen) atoms. The summed E-state index contributed by atoms with van der Waals surface area (Å²) in [4.78, 5) is 12.0. The van der Waals surface area contributed by atoms with Gasteiger partial charge in [0.05, 0.1) is 11.3 Å². The average molecular weight is 322 g/mol. The molecule has 2 aromatic carbocycles. The Kier molecular flexibility index (Phi) is 4.33. The van der Waals surface area contributed by atoms with Gasteiger partial charge in [-0.3, -0.25) is 0 Å². The minimum Gasteiger partial charge on any atom is -0.402 e. The SMILES string of the molecule is Cc1ccc(C)c(-c2ccc(OC(=O)c3ccc(F)cc3)nn2)c1. The molecule has 1 aromatic heterocycles. The molecule has 0 amide bonds. The number of aromatic nitrogens is 2. The highest BCUT2D eigenvalue weighted by Gasteiger charge is 2.11. The lowest BCUT2D eigenvalue weighted by atomic mass is 10.0. The number of hydrogen-bond acceptors (Lipinski definition) is 4. The summed E-state index contributed by atoms with van der Waals surface area (Å²) in [6.45, 7) is 4.01. The second kappa shape index (κ2) is 6.58. The predicted molar refractivity (Wildman–Crippen MR) is 88.3 cm³/mol. The second-order valence-electron chi connectivity index (χ2n) is 5.47. The molecular formula is C19H15FN2O2. The van der Waals surface area contributed by atoms with E-state index in [0.717, 1.165) is 16.7 Å². The summed E-state index contributed by atoms with van der Waals surface area (Å²) in [6.07, 6.45) is 0. The number of rotatable bonds is 3. The number of halogens is 1. The van der Waals surface area contributed by atoms with Crippen molar-refractivity contribution in [3.63, 3.8) is 0 Å². The summed E-state index contributed by atoms with van der Waals surface area (Å²) in [5.74, 6) is -0.925. The van der Waals surface area contributed by atoms with Gasteiger partial charge in [0, 0.05) is 11.6 Å². The molecular weight excluding hydrogens is 307 g/mol.